The zero-order valence-electron chi connectivity index (χ0n) is 12.7. The summed E-state index contributed by atoms with van der Waals surface area (Å²) in [6.07, 6.45) is 3.50. The van der Waals surface area contributed by atoms with Gasteiger partial charge in [0.1, 0.15) is 5.82 Å². The van der Waals surface area contributed by atoms with Crippen LogP contribution in [0.1, 0.15) is 18.1 Å². The molecule has 0 radical (unpaired) electrons. The van der Waals surface area contributed by atoms with E-state index in [9.17, 15) is 9.18 Å². The monoisotopic (exact) mass is 309 g/mol. The lowest BCUT2D eigenvalue weighted by molar-refractivity contribution is -0.118. The molecule has 1 heterocycles. The lowest BCUT2D eigenvalue weighted by atomic mass is 10.2. The van der Waals surface area contributed by atoms with Crippen LogP contribution in [-0.2, 0) is 11.3 Å². The normalized spacial score (nSPS) is 11.2. The van der Waals surface area contributed by atoms with E-state index in [0.717, 1.165) is 16.5 Å². The molecule has 5 heteroatoms. The minimum atomic E-state index is -0.226. The number of para-hydroxylation sites is 1. The fourth-order valence-corrected chi connectivity index (χ4v) is 2.51. The number of carbonyl (C=O) groups is 1. The van der Waals surface area contributed by atoms with Crippen LogP contribution in [-0.4, -0.2) is 16.7 Å². The first kappa shape index (κ1) is 15.0. The quantitative estimate of drug-likeness (QED) is 0.583. The summed E-state index contributed by atoms with van der Waals surface area (Å²) >= 11 is 0. The van der Waals surface area contributed by atoms with Gasteiger partial charge in [-0.1, -0.05) is 36.4 Å². The van der Waals surface area contributed by atoms with Crippen LogP contribution in [0.3, 0.4) is 0 Å². The van der Waals surface area contributed by atoms with Gasteiger partial charge in [-0.2, -0.15) is 5.10 Å². The SMILES string of the molecule is CC(=O)NN=Cc1cn(Cc2ccccc2F)c2ccccc12. The first-order chi connectivity index (χ1) is 11.1. The van der Waals surface area contributed by atoms with Crippen LogP contribution in [0.25, 0.3) is 10.9 Å². The Labute approximate surface area is 133 Å². The molecule has 23 heavy (non-hydrogen) atoms. The fourth-order valence-electron chi connectivity index (χ4n) is 2.51. The van der Waals surface area contributed by atoms with Crippen LogP contribution in [0.2, 0.25) is 0 Å². The molecule has 0 unspecified atom stereocenters. The largest absolute Gasteiger partial charge is 0.342 e. The molecule has 0 saturated heterocycles. The van der Waals surface area contributed by atoms with E-state index >= 15 is 0 Å². The number of hydrazone groups is 1. The van der Waals surface area contributed by atoms with Gasteiger partial charge in [0.2, 0.25) is 5.91 Å². The third kappa shape index (κ3) is 3.29. The molecule has 1 aromatic heterocycles. The van der Waals surface area contributed by atoms with Crippen molar-refractivity contribution in [3.63, 3.8) is 0 Å². The molecule has 0 atom stereocenters. The van der Waals surface area contributed by atoms with Crippen molar-refractivity contribution in [3.8, 4) is 0 Å². The molecule has 4 nitrogen and oxygen atoms in total. The van der Waals surface area contributed by atoms with Crippen LogP contribution in [0.15, 0.2) is 59.8 Å². The van der Waals surface area contributed by atoms with Gasteiger partial charge in [-0.25, -0.2) is 9.82 Å². The third-order valence-corrected chi connectivity index (χ3v) is 3.54. The molecule has 2 aromatic carbocycles. The van der Waals surface area contributed by atoms with Gasteiger partial charge in [-0.15, -0.1) is 0 Å². The van der Waals surface area contributed by atoms with Crippen molar-refractivity contribution < 1.29 is 9.18 Å². The number of amides is 1. The number of nitrogens with zero attached hydrogens (tertiary/aromatic N) is 2. The molecule has 0 spiro atoms. The number of hydrogen-bond donors (Lipinski definition) is 1. The highest BCUT2D eigenvalue weighted by molar-refractivity contribution is 5.99. The number of carbonyl (C=O) groups excluding carboxylic acids is 1. The Morgan fingerprint density at radius 1 is 1.22 bits per heavy atom. The third-order valence-electron chi connectivity index (χ3n) is 3.54. The molecule has 0 aliphatic rings. The van der Waals surface area contributed by atoms with Gasteiger partial charge in [-0.3, -0.25) is 4.79 Å². The lowest BCUT2D eigenvalue weighted by Gasteiger charge is -2.06. The number of rotatable bonds is 4. The Morgan fingerprint density at radius 2 is 1.96 bits per heavy atom. The van der Waals surface area contributed by atoms with Crippen LogP contribution >= 0.6 is 0 Å². The summed E-state index contributed by atoms with van der Waals surface area (Å²) in [5.41, 5.74) is 4.86. The molecule has 0 aliphatic carbocycles. The van der Waals surface area contributed by atoms with Crippen molar-refractivity contribution >= 4 is 23.0 Å². The average Bonchev–Trinajstić information content (AvgIpc) is 2.88. The van der Waals surface area contributed by atoms with Crippen LogP contribution < -0.4 is 5.43 Å². The maximum absolute atomic E-state index is 13.9. The highest BCUT2D eigenvalue weighted by Gasteiger charge is 2.09. The van der Waals surface area contributed by atoms with Gasteiger partial charge in [0.05, 0.1) is 12.8 Å². The summed E-state index contributed by atoms with van der Waals surface area (Å²) in [7, 11) is 0. The summed E-state index contributed by atoms with van der Waals surface area (Å²) in [6, 6.07) is 14.6. The van der Waals surface area contributed by atoms with Gasteiger partial charge in [0.25, 0.3) is 0 Å². The molecular weight excluding hydrogens is 293 g/mol. The Kier molecular flexibility index (Phi) is 4.19. The highest BCUT2D eigenvalue weighted by atomic mass is 19.1. The molecule has 1 amide bonds. The number of halogens is 1. The molecule has 3 rings (SSSR count). The van der Waals surface area contributed by atoms with Crippen molar-refractivity contribution in [3.05, 3.63) is 71.7 Å². The van der Waals surface area contributed by atoms with Crippen molar-refractivity contribution in [2.45, 2.75) is 13.5 Å². The fraction of sp³-hybridized carbons (Fsp3) is 0.111. The standard InChI is InChI=1S/C18H16FN3O/c1-13(23)21-20-10-15-12-22(18-9-5-3-7-16(15)18)11-14-6-2-4-8-17(14)19/h2-10,12H,11H2,1H3,(H,21,23). The molecule has 1 N–H and O–H groups in total. The average molecular weight is 309 g/mol. The first-order valence-corrected chi connectivity index (χ1v) is 7.26. The maximum Gasteiger partial charge on any atom is 0.236 e. The Balaban J connectivity index is 1.99. The van der Waals surface area contributed by atoms with Crippen molar-refractivity contribution in [1.29, 1.82) is 0 Å². The molecule has 116 valence electrons. The molecule has 3 aromatic rings. The smallest absolute Gasteiger partial charge is 0.236 e. The molecule has 0 saturated carbocycles. The zero-order chi connectivity index (χ0) is 16.2. The summed E-state index contributed by atoms with van der Waals surface area (Å²) in [5.74, 6) is -0.449. The second kappa shape index (κ2) is 6.44. The maximum atomic E-state index is 13.9. The summed E-state index contributed by atoms with van der Waals surface area (Å²) < 4.78 is 15.9. The van der Waals surface area contributed by atoms with Crippen LogP contribution in [0, 0.1) is 5.82 Å². The number of fused-ring (bicyclic) bond motifs is 1. The minimum Gasteiger partial charge on any atom is -0.342 e. The van der Waals surface area contributed by atoms with Gasteiger partial charge < -0.3 is 4.57 Å². The van der Waals surface area contributed by atoms with Crippen molar-refractivity contribution in [2.75, 3.05) is 0 Å². The van der Waals surface area contributed by atoms with E-state index in [2.05, 4.69) is 10.5 Å². The first-order valence-electron chi connectivity index (χ1n) is 7.26. The van der Waals surface area contributed by atoms with Crippen LogP contribution in [0.4, 0.5) is 4.39 Å². The second-order valence-electron chi connectivity index (χ2n) is 5.25. The van der Waals surface area contributed by atoms with E-state index < -0.39 is 0 Å². The van der Waals surface area contributed by atoms with E-state index in [1.54, 1.807) is 18.3 Å². The number of nitrogens with one attached hydrogen (secondary N) is 1. The van der Waals surface area contributed by atoms with Crippen molar-refractivity contribution in [2.24, 2.45) is 5.10 Å². The number of benzene rings is 2. The van der Waals surface area contributed by atoms with E-state index in [-0.39, 0.29) is 11.7 Å². The number of aromatic nitrogens is 1. The molecular formula is C18H16FN3O. The minimum absolute atomic E-state index is 0.223. The Bertz CT molecular complexity index is 883. The van der Waals surface area contributed by atoms with Gasteiger partial charge in [0.15, 0.2) is 0 Å². The number of hydrogen-bond acceptors (Lipinski definition) is 2. The van der Waals surface area contributed by atoms with Gasteiger partial charge in [0, 0.05) is 35.2 Å². The Hall–Kier alpha value is -2.95. The molecule has 0 bridgehead atoms. The second-order valence-corrected chi connectivity index (χ2v) is 5.25. The summed E-state index contributed by atoms with van der Waals surface area (Å²) in [5, 5.41) is 4.92. The predicted octanol–water partition coefficient (Wildman–Crippen LogP) is 3.30. The Morgan fingerprint density at radius 3 is 2.74 bits per heavy atom. The summed E-state index contributed by atoms with van der Waals surface area (Å²) in [4.78, 5) is 10.9. The lowest BCUT2D eigenvalue weighted by Crippen LogP contribution is -2.12. The van der Waals surface area contributed by atoms with E-state index in [1.807, 2.05) is 41.1 Å². The van der Waals surface area contributed by atoms with Gasteiger partial charge >= 0.3 is 0 Å². The molecule has 0 fully saturated rings. The zero-order valence-corrected chi connectivity index (χ0v) is 12.7. The van der Waals surface area contributed by atoms with E-state index in [4.69, 9.17) is 0 Å². The molecule has 0 aliphatic heterocycles. The predicted molar refractivity (Wildman–Crippen MR) is 88.9 cm³/mol. The highest BCUT2D eigenvalue weighted by Crippen LogP contribution is 2.21. The van der Waals surface area contributed by atoms with Crippen LogP contribution in [0.5, 0.6) is 0 Å². The van der Waals surface area contributed by atoms with Crippen molar-refractivity contribution in [1.82, 2.24) is 9.99 Å². The van der Waals surface area contributed by atoms with E-state index in [0.29, 0.717) is 12.1 Å². The van der Waals surface area contributed by atoms with E-state index in [1.165, 1.54) is 13.0 Å². The van der Waals surface area contributed by atoms with Gasteiger partial charge in [-0.05, 0) is 12.1 Å². The summed E-state index contributed by atoms with van der Waals surface area (Å²) in [6.45, 7) is 1.83. The topological polar surface area (TPSA) is 46.4 Å².